The fourth-order valence-electron chi connectivity index (χ4n) is 2.84. The van der Waals surface area contributed by atoms with Crippen LogP contribution in [0.3, 0.4) is 0 Å². The van der Waals surface area contributed by atoms with Crippen LogP contribution in [0.5, 0.6) is 0 Å². The first-order valence-electron chi connectivity index (χ1n) is 7.54. The van der Waals surface area contributed by atoms with Crippen molar-refractivity contribution < 1.29 is 1.41 Å². The molecule has 0 heterocycles. The highest BCUT2D eigenvalue weighted by molar-refractivity contribution is 14.1. The van der Waals surface area contributed by atoms with Crippen LogP contribution in [-0.4, -0.2) is 149 Å². The lowest BCUT2D eigenvalue weighted by atomic mass is 8.42. The molecule has 0 unspecified atom stereocenters. The highest BCUT2D eigenvalue weighted by atomic mass is 127. The molecule has 1 nitrogen and oxygen atoms in total. The van der Waals surface area contributed by atoms with Gasteiger partial charge in [-0.3, -0.25) is 0 Å². The minimum Gasteiger partial charge on any atom is -0.319 e. The first kappa shape index (κ1) is 23.1. The van der Waals surface area contributed by atoms with Crippen molar-refractivity contribution in [3.8, 4) is 0 Å². The van der Waals surface area contributed by atoms with Crippen molar-refractivity contribution in [3.05, 3.63) is 0 Å². The van der Waals surface area contributed by atoms with E-state index in [4.69, 9.17) is 86.5 Å². The van der Waals surface area contributed by atoms with E-state index in [0.29, 0.717) is 0 Å². The highest BCUT2D eigenvalue weighted by Gasteiger charge is 2.47. The molecule has 0 aliphatic carbocycles. The summed E-state index contributed by atoms with van der Waals surface area (Å²) in [6.45, 7) is -0.801. The van der Waals surface area contributed by atoms with E-state index in [1.807, 2.05) is 0 Å². The normalized spacial score (nSPS) is 10.3. The lowest BCUT2D eigenvalue weighted by molar-refractivity contribution is 1.79. The van der Waals surface area contributed by atoms with Gasteiger partial charge in [-0.15, -0.1) is 0 Å². The van der Waals surface area contributed by atoms with Gasteiger partial charge in [0.15, 0.2) is 0 Å². The van der Waals surface area contributed by atoms with Crippen molar-refractivity contribution >= 4 is 172 Å². The first-order valence-corrected chi connectivity index (χ1v) is 8.06. The standard InChI is InChI=1S/B21HIN/c1-12(2)17(11)20(18(13(3)4)14(5)6)21(23-22)19(15(7)8)16(9)10/h23H/i/hT. The van der Waals surface area contributed by atoms with Gasteiger partial charge in [0.25, 0.3) is 0 Å². The zero-order valence-corrected chi connectivity index (χ0v) is 15.1. The van der Waals surface area contributed by atoms with Crippen molar-refractivity contribution in [3.63, 3.8) is 0 Å². The first-order chi connectivity index (χ1) is 10.8. The molecule has 76 valence electrons. The van der Waals surface area contributed by atoms with E-state index < -0.39 is 64.1 Å². The van der Waals surface area contributed by atoms with Gasteiger partial charge in [0.2, 0.25) is 0 Å². The molecule has 0 fully saturated rings. The molecule has 0 atom stereocenters. The summed E-state index contributed by atoms with van der Waals surface area (Å²) in [5.74, 6) is 0. The third-order valence-electron chi connectivity index (χ3n) is 4.01. The van der Waals surface area contributed by atoms with Crippen molar-refractivity contribution in [2.24, 2.45) is 0 Å². The quantitative estimate of drug-likeness (QED) is 0.229. The molecule has 0 aromatic carbocycles. The number of halogens is 1. The van der Waals surface area contributed by atoms with Crippen molar-refractivity contribution in [2.75, 3.05) is 0 Å². The second kappa shape index (κ2) is 11.7. The summed E-state index contributed by atoms with van der Waals surface area (Å²) in [7, 11) is 64.3. The third kappa shape index (κ3) is 7.29. The molecule has 0 aliphatic rings. The van der Waals surface area contributed by atoms with Crippen LogP contribution in [0.1, 0.15) is 0 Å². The molecule has 0 saturated heterocycles. The number of hydrogen-bond acceptors (Lipinski definition) is 1. The summed E-state index contributed by atoms with van der Waals surface area (Å²) in [4.78, 5) is 0. The Balaban J connectivity index is 6.19. The smallest absolute Gasteiger partial charge is 0.129 e. The molecular formula is HB21IN. The predicted molar refractivity (Wildman–Crippen MR) is 138 cm³/mol. The van der Waals surface area contributed by atoms with E-state index in [9.17, 15) is 0 Å². The molecule has 0 amide bonds. The van der Waals surface area contributed by atoms with Gasteiger partial charge in [0, 0.05) is 165 Å². The summed E-state index contributed by atoms with van der Waals surface area (Å²) in [6.07, 6.45) is -7.89. The lowest BCUT2D eigenvalue weighted by Crippen LogP contribution is -2.83. The summed E-state index contributed by atoms with van der Waals surface area (Å²) in [6, 6.07) is 0. The van der Waals surface area contributed by atoms with Crippen LogP contribution in [-0.2, 0) is 0 Å². The molecule has 0 aliphatic heterocycles. The topological polar surface area (TPSA) is 12.0 Å². The minimum atomic E-state index is -0.961. The van der Waals surface area contributed by atoms with Gasteiger partial charge in [-0.2, -0.15) is 0 Å². The Labute approximate surface area is 176 Å². The maximum Gasteiger partial charge on any atom is 0.129 e. The monoisotopic (exact) mass is 375 g/mol. The Morgan fingerprint density at radius 3 is 1.13 bits per heavy atom. The summed E-state index contributed by atoms with van der Waals surface area (Å²) in [5, 5.41) is 0. The van der Waals surface area contributed by atoms with Gasteiger partial charge >= 0.3 is 0 Å². The molecule has 0 spiro atoms. The minimum absolute atomic E-state index is 0.742. The van der Waals surface area contributed by atoms with Crippen LogP contribution in [0.15, 0.2) is 0 Å². The molecule has 0 aromatic rings. The highest BCUT2D eigenvalue weighted by Crippen LogP contribution is 2.08. The van der Waals surface area contributed by atoms with E-state index in [0.717, 1.165) is 3.43 Å². The van der Waals surface area contributed by atoms with Gasteiger partial charge in [-0.05, 0) is 0 Å². The second-order valence-electron chi connectivity index (χ2n) is 5.78. The summed E-state index contributed by atoms with van der Waals surface area (Å²) >= 11 is 1.72. The molecule has 0 rings (SSSR count). The van der Waals surface area contributed by atoms with Crippen LogP contribution in [0.2, 0.25) is 1.41 Å². The van der Waals surface area contributed by atoms with E-state index in [1.165, 1.54) is 0 Å². The van der Waals surface area contributed by atoms with Gasteiger partial charge < -0.3 is 3.43 Å². The summed E-state index contributed by atoms with van der Waals surface area (Å²) < 4.78 is 9.14. The van der Waals surface area contributed by atoms with Gasteiger partial charge in [0.05, 0.1) is 0 Å². The van der Waals surface area contributed by atoms with Crippen molar-refractivity contribution in [2.45, 2.75) is 0 Å². The van der Waals surface area contributed by atoms with Crippen LogP contribution in [0.25, 0.3) is 0 Å². The Bertz CT molecular complexity index is 323. The SMILES string of the molecule is [3H]N(I)B(B(B([B])[B])B([B])[B])B(B([B])B([B])[B])B(B([B])[B])B([B])[B]. The Kier molecular flexibility index (Phi) is 11.7. The lowest BCUT2D eigenvalue weighted by Gasteiger charge is -2.42. The van der Waals surface area contributed by atoms with Crippen LogP contribution >= 0.6 is 22.9 Å². The van der Waals surface area contributed by atoms with E-state index in [-0.39, 0.29) is 0 Å². The zero-order valence-electron chi connectivity index (χ0n) is 13.9. The average Bonchev–Trinajstić information content (AvgIpc) is 2.38. The largest absolute Gasteiger partial charge is 0.319 e. The Hall–Kier alpha value is 2.05. The fourth-order valence-corrected chi connectivity index (χ4v) is 3.58. The number of rotatable bonds is 10. The van der Waals surface area contributed by atoms with Gasteiger partial charge in [-0.25, -0.2) is 0 Å². The molecule has 23 heavy (non-hydrogen) atoms. The van der Waals surface area contributed by atoms with Crippen LogP contribution in [0.4, 0.5) is 0 Å². The van der Waals surface area contributed by atoms with E-state index in [1.54, 1.807) is 22.9 Å². The zero-order chi connectivity index (χ0) is 19.4. The van der Waals surface area contributed by atoms with E-state index >= 15 is 0 Å². The van der Waals surface area contributed by atoms with Crippen LogP contribution in [0, 0.1) is 0 Å². The van der Waals surface area contributed by atoms with Crippen molar-refractivity contribution in [1.82, 2.24) is 3.43 Å². The van der Waals surface area contributed by atoms with E-state index in [2.05, 4.69) is 0 Å². The van der Waals surface area contributed by atoms with Crippen LogP contribution < -0.4 is 3.43 Å². The predicted octanol–water partition coefficient (Wildman–Crippen LogP) is -7.61. The molecule has 0 bridgehead atoms. The summed E-state index contributed by atoms with van der Waals surface area (Å²) in [5.41, 5.74) is 0. The molecule has 0 aromatic heterocycles. The maximum absolute atomic E-state index is 8.09. The van der Waals surface area contributed by atoms with Gasteiger partial charge in [-0.1, -0.05) is 0 Å². The molecule has 1 N–H and O–H groups in total. The fraction of sp³-hybridized carbons (Fsp3) is 0. The maximum atomic E-state index is 8.09. The molecular weight excluding hydrogens is 368 g/mol. The number of nitrogens with one attached hydrogen (secondary N) is 1. The molecule has 22 radical (unpaired) electrons. The Morgan fingerprint density at radius 2 is 0.913 bits per heavy atom. The van der Waals surface area contributed by atoms with Crippen molar-refractivity contribution in [1.29, 1.82) is 0 Å². The second-order valence-corrected chi connectivity index (χ2v) is 6.34. The molecule has 23 heteroatoms. The van der Waals surface area contributed by atoms with Gasteiger partial charge in [0.1, 0.15) is 8.04 Å². The number of hydrogen-bond donors (Lipinski definition) is 1. The Morgan fingerprint density at radius 1 is 0.565 bits per heavy atom. The third-order valence-corrected chi connectivity index (χ3v) is 4.66. The average molecular weight is 371 g/mol. The molecule has 0 saturated carbocycles.